The zero-order valence-electron chi connectivity index (χ0n) is 4.61. The van der Waals surface area contributed by atoms with E-state index in [4.69, 9.17) is 11.6 Å². The Hall–Kier alpha value is 0.640. The highest BCUT2D eigenvalue weighted by Crippen LogP contribution is 2.14. The number of rotatable bonds is 1. The predicted molar refractivity (Wildman–Crippen MR) is 38.3 cm³/mol. The fourth-order valence-electron chi connectivity index (χ4n) is 0. The molecule has 0 atom stereocenters. The molecule has 7 heavy (non-hydrogen) atoms. The van der Waals surface area contributed by atoms with Gasteiger partial charge in [0, 0.05) is 17.4 Å². The van der Waals surface area contributed by atoms with Crippen molar-refractivity contribution in [2.24, 2.45) is 0 Å². The Morgan fingerprint density at radius 2 is 1.86 bits per heavy atom. The Bertz CT molecular complexity index is 24.5. The quantitative estimate of drug-likeness (QED) is 0.396. The second kappa shape index (κ2) is 6.64. The molecule has 0 amide bonds. The fourth-order valence-corrected chi connectivity index (χ4v) is 0. The Morgan fingerprint density at radius 3 is 1.86 bits per heavy atom. The van der Waals surface area contributed by atoms with E-state index in [-0.39, 0.29) is 0 Å². The van der Waals surface area contributed by atoms with Crippen LogP contribution in [0.2, 0.25) is 0 Å². The molecule has 1 rings (SSSR count). The Kier molecular flexibility index (Phi) is 7.25. The molecule has 0 bridgehead atoms. The van der Waals surface area contributed by atoms with Gasteiger partial charge < -0.3 is 0 Å². The van der Waals surface area contributed by atoms with Gasteiger partial charge in [0.05, 0.1) is 0 Å². The third-order valence-corrected chi connectivity index (χ3v) is 1.18. The third-order valence-electron chi connectivity index (χ3n) is 0.393. The zero-order chi connectivity index (χ0) is 5.54. The van der Waals surface area contributed by atoms with Gasteiger partial charge in [0.25, 0.3) is 0 Å². The minimum Gasteiger partial charge on any atom is -0.160 e. The van der Waals surface area contributed by atoms with Gasteiger partial charge in [-0.2, -0.15) is 11.8 Å². The van der Waals surface area contributed by atoms with Crippen molar-refractivity contribution in [2.75, 3.05) is 17.4 Å². The summed E-state index contributed by atoms with van der Waals surface area (Å²) in [6.45, 7) is 2.05. The molecule has 0 aliphatic carbocycles. The van der Waals surface area contributed by atoms with Gasteiger partial charge in [0.2, 0.25) is 0 Å². The lowest BCUT2D eigenvalue weighted by Gasteiger charge is -1.65. The molecular formula is C5H11ClS. The summed E-state index contributed by atoms with van der Waals surface area (Å²) in [6.07, 6.45) is 1.08. The van der Waals surface area contributed by atoms with Crippen LogP contribution in [0, 0.1) is 0 Å². The number of alkyl halides is 1. The molecule has 1 aliphatic heterocycles. The summed E-state index contributed by atoms with van der Waals surface area (Å²) >= 11 is 7.19. The van der Waals surface area contributed by atoms with E-state index in [0.717, 1.165) is 12.3 Å². The van der Waals surface area contributed by atoms with Crippen LogP contribution in [0.5, 0.6) is 0 Å². The Morgan fingerprint density at radius 1 is 1.57 bits per heavy atom. The van der Waals surface area contributed by atoms with Gasteiger partial charge in [-0.1, -0.05) is 6.92 Å². The SMILES string of the molecule is C1CS1.CCCCl. The van der Waals surface area contributed by atoms with Gasteiger partial charge in [-0.05, 0) is 6.42 Å². The first-order valence-corrected chi connectivity index (χ1v) is 4.24. The lowest BCUT2D eigenvalue weighted by atomic mass is 10.6. The van der Waals surface area contributed by atoms with Crippen LogP contribution in [-0.4, -0.2) is 17.4 Å². The molecule has 1 aliphatic rings. The summed E-state index contributed by atoms with van der Waals surface area (Å²) in [5, 5.41) is 0. The van der Waals surface area contributed by atoms with Gasteiger partial charge in [-0.3, -0.25) is 0 Å². The van der Waals surface area contributed by atoms with Gasteiger partial charge in [0.15, 0.2) is 0 Å². The third kappa shape index (κ3) is 20.5. The summed E-state index contributed by atoms with van der Waals surface area (Å²) in [7, 11) is 0. The highest BCUT2D eigenvalue weighted by Gasteiger charge is 1.95. The van der Waals surface area contributed by atoms with Gasteiger partial charge in [-0.25, -0.2) is 0 Å². The lowest BCUT2D eigenvalue weighted by Crippen LogP contribution is -1.55. The van der Waals surface area contributed by atoms with Crippen LogP contribution in [0.3, 0.4) is 0 Å². The van der Waals surface area contributed by atoms with Crippen molar-refractivity contribution < 1.29 is 0 Å². The van der Waals surface area contributed by atoms with Crippen LogP contribution in [0.4, 0.5) is 0 Å². The number of thioether (sulfide) groups is 1. The summed E-state index contributed by atoms with van der Waals surface area (Å²) in [4.78, 5) is 0. The van der Waals surface area contributed by atoms with E-state index in [1.165, 1.54) is 11.5 Å². The standard InChI is InChI=1S/C3H7Cl.C2H4S/c1-2-3-4;1-2-3-1/h2-3H2,1H3;1-2H2. The largest absolute Gasteiger partial charge is 0.160 e. The molecular weight excluding hydrogens is 128 g/mol. The predicted octanol–water partition coefficient (Wildman–Crippen LogP) is 2.37. The van der Waals surface area contributed by atoms with Crippen LogP contribution in [0.25, 0.3) is 0 Å². The van der Waals surface area contributed by atoms with Gasteiger partial charge in [-0.15, -0.1) is 11.6 Å². The number of hydrogen-bond donors (Lipinski definition) is 0. The normalized spacial score (nSPS) is 14.6. The number of halogens is 1. The van der Waals surface area contributed by atoms with E-state index in [0.29, 0.717) is 0 Å². The molecule has 44 valence electrons. The van der Waals surface area contributed by atoms with Crippen LogP contribution in [-0.2, 0) is 0 Å². The lowest BCUT2D eigenvalue weighted by molar-refractivity contribution is 1.10. The topological polar surface area (TPSA) is 0 Å². The summed E-state index contributed by atoms with van der Waals surface area (Å²) < 4.78 is 0. The van der Waals surface area contributed by atoms with E-state index in [9.17, 15) is 0 Å². The molecule has 0 nitrogen and oxygen atoms in total. The summed E-state index contributed by atoms with van der Waals surface area (Å²) in [5.74, 6) is 3.62. The van der Waals surface area contributed by atoms with Crippen LogP contribution < -0.4 is 0 Å². The molecule has 0 saturated carbocycles. The summed E-state index contributed by atoms with van der Waals surface area (Å²) in [6, 6.07) is 0. The molecule has 1 saturated heterocycles. The second-order valence-electron chi connectivity index (χ2n) is 1.30. The van der Waals surface area contributed by atoms with Crippen molar-refractivity contribution in [1.29, 1.82) is 0 Å². The second-order valence-corrected chi connectivity index (χ2v) is 2.90. The van der Waals surface area contributed by atoms with Crippen molar-refractivity contribution in [1.82, 2.24) is 0 Å². The van der Waals surface area contributed by atoms with E-state index in [1.807, 2.05) is 18.7 Å². The molecule has 1 fully saturated rings. The van der Waals surface area contributed by atoms with E-state index >= 15 is 0 Å². The zero-order valence-corrected chi connectivity index (χ0v) is 6.19. The minimum atomic E-state index is 0.792. The van der Waals surface area contributed by atoms with E-state index in [1.54, 1.807) is 0 Å². The van der Waals surface area contributed by atoms with Crippen LogP contribution in [0.1, 0.15) is 13.3 Å². The van der Waals surface area contributed by atoms with Gasteiger partial charge in [0.1, 0.15) is 0 Å². The molecule has 2 heteroatoms. The minimum absolute atomic E-state index is 0.792. The average Bonchev–Trinajstić information content (AvgIpc) is 2.47. The maximum absolute atomic E-state index is 5.19. The van der Waals surface area contributed by atoms with Gasteiger partial charge >= 0.3 is 0 Å². The van der Waals surface area contributed by atoms with Crippen molar-refractivity contribution in [3.05, 3.63) is 0 Å². The van der Waals surface area contributed by atoms with Crippen molar-refractivity contribution >= 4 is 23.4 Å². The summed E-state index contributed by atoms with van der Waals surface area (Å²) in [5.41, 5.74) is 0. The molecule has 0 aromatic heterocycles. The molecule has 0 aromatic carbocycles. The first-order valence-electron chi connectivity index (χ1n) is 2.55. The smallest absolute Gasteiger partial charge is 0.0220 e. The van der Waals surface area contributed by atoms with Crippen molar-refractivity contribution in [3.63, 3.8) is 0 Å². The first kappa shape index (κ1) is 7.64. The monoisotopic (exact) mass is 138 g/mol. The first-order chi connectivity index (χ1) is 3.41. The fraction of sp³-hybridized carbons (Fsp3) is 1.00. The van der Waals surface area contributed by atoms with Crippen molar-refractivity contribution in [3.8, 4) is 0 Å². The maximum atomic E-state index is 5.19. The number of hydrogen-bond acceptors (Lipinski definition) is 1. The van der Waals surface area contributed by atoms with Crippen LogP contribution in [0.15, 0.2) is 0 Å². The van der Waals surface area contributed by atoms with E-state index in [2.05, 4.69) is 0 Å². The molecule has 0 radical (unpaired) electrons. The van der Waals surface area contributed by atoms with E-state index < -0.39 is 0 Å². The Labute approximate surface area is 54.6 Å². The molecule has 1 heterocycles. The molecule has 0 unspecified atom stereocenters. The van der Waals surface area contributed by atoms with Crippen molar-refractivity contribution in [2.45, 2.75) is 13.3 Å². The Balaban J connectivity index is 0.000000105. The average molecular weight is 139 g/mol. The maximum Gasteiger partial charge on any atom is 0.0220 e. The van der Waals surface area contributed by atoms with Crippen LogP contribution >= 0.6 is 23.4 Å². The molecule has 0 N–H and O–H groups in total. The molecule has 0 aromatic rings. The molecule has 0 spiro atoms. The highest BCUT2D eigenvalue weighted by atomic mass is 35.5. The highest BCUT2D eigenvalue weighted by molar-refractivity contribution is 8.06.